The molecule has 5 N–H and O–H groups in total. The maximum atomic E-state index is 10.9. The lowest BCUT2D eigenvalue weighted by Crippen LogP contribution is -2.32. The minimum atomic E-state index is -0.941. The standard InChI is InChI=1S/C11H19NO3S.CH5N/c12-9(10(14)15)2-6-16-7-5-11(8-13)3-1-4-11;1-2/h8-9H,1-7,12H2,(H,14,15);2H2,1H3. The van der Waals surface area contributed by atoms with Gasteiger partial charge in [0.15, 0.2) is 0 Å². The Morgan fingerprint density at radius 2 is 2.06 bits per heavy atom. The molecule has 1 aliphatic carbocycles. The van der Waals surface area contributed by atoms with Crippen LogP contribution in [0.1, 0.15) is 32.1 Å². The molecule has 0 aromatic heterocycles. The third kappa shape index (κ3) is 5.84. The first-order valence-corrected chi connectivity index (χ1v) is 7.35. The van der Waals surface area contributed by atoms with Crippen LogP contribution in [0, 0.1) is 5.41 Å². The molecule has 0 saturated heterocycles. The zero-order chi connectivity index (χ0) is 14.0. The van der Waals surface area contributed by atoms with Crippen LogP contribution >= 0.6 is 11.8 Å². The highest BCUT2D eigenvalue weighted by molar-refractivity contribution is 7.99. The number of carboxylic acids is 1. The van der Waals surface area contributed by atoms with Crippen molar-refractivity contribution in [1.82, 2.24) is 0 Å². The average molecular weight is 276 g/mol. The van der Waals surface area contributed by atoms with Gasteiger partial charge < -0.3 is 21.4 Å². The van der Waals surface area contributed by atoms with Crippen LogP contribution in [0.15, 0.2) is 0 Å². The van der Waals surface area contributed by atoms with Crippen molar-refractivity contribution in [2.75, 3.05) is 18.6 Å². The van der Waals surface area contributed by atoms with E-state index in [-0.39, 0.29) is 5.41 Å². The van der Waals surface area contributed by atoms with Gasteiger partial charge in [-0.1, -0.05) is 6.42 Å². The van der Waals surface area contributed by atoms with E-state index in [1.54, 1.807) is 11.8 Å². The minimum Gasteiger partial charge on any atom is -0.480 e. The summed E-state index contributed by atoms with van der Waals surface area (Å²) >= 11 is 1.69. The molecule has 0 radical (unpaired) electrons. The van der Waals surface area contributed by atoms with Crippen LogP contribution in [0.2, 0.25) is 0 Å². The second-order valence-electron chi connectivity index (χ2n) is 4.43. The van der Waals surface area contributed by atoms with Gasteiger partial charge in [-0.15, -0.1) is 0 Å². The van der Waals surface area contributed by atoms with E-state index in [0.717, 1.165) is 43.5 Å². The number of carbonyl (C=O) groups excluding carboxylic acids is 1. The second-order valence-corrected chi connectivity index (χ2v) is 5.65. The van der Waals surface area contributed by atoms with Gasteiger partial charge in [-0.05, 0) is 44.2 Å². The molecule has 0 bridgehead atoms. The van der Waals surface area contributed by atoms with E-state index in [1.165, 1.54) is 7.05 Å². The predicted octanol–water partition coefficient (Wildman–Crippen LogP) is 0.856. The summed E-state index contributed by atoms with van der Waals surface area (Å²) in [6.45, 7) is 0. The third-order valence-corrected chi connectivity index (χ3v) is 4.25. The van der Waals surface area contributed by atoms with Gasteiger partial charge >= 0.3 is 5.97 Å². The lowest BCUT2D eigenvalue weighted by molar-refractivity contribution is -0.138. The molecule has 5 nitrogen and oxygen atoms in total. The van der Waals surface area contributed by atoms with E-state index in [0.29, 0.717) is 6.42 Å². The number of aldehydes is 1. The molecule has 0 aromatic rings. The number of hydrogen-bond donors (Lipinski definition) is 3. The molecular weight excluding hydrogens is 252 g/mol. The Labute approximate surface area is 113 Å². The summed E-state index contributed by atoms with van der Waals surface area (Å²) in [6, 6.07) is -0.753. The van der Waals surface area contributed by atoms with Crippen molar-refractivity contribution in [3.8, 4) is 0 Å². The molecule has 106 valence electrons. The topological polar surface area (TPSA) is 106 Å². The minimum absolute atomic E-state index is 0.0537. The Morgan fingerprint density at radius 3 is 2.44 bits per heavy atom. The van der Waals surface area contributed by atoms with Gasteiger partial charge in [-0.25, -0.2) is 0 Å². The van der Waals surface area contributed by atoms with E-state index in [4.69, 9.17) is 10.8 Å². The molecule has 1 fully saturated rings. The third-order valence-electron chi connectivity index (χ3n) is 3.23. The van der Waals surface area contributed by atoms with Crippen LogP contribution < -0.4 is 11.5 Å². The van der Waals surface area contributed by atoms with Crippen molar-refractivity contribution < 1.29 is 14.7 Å². The van der Waals surface area contributed by atoms with Crippen LogP contribution in [0.4, 0.5) is 0 Å². The monoisotopic (exact) mass is 276 g/mol. The van der Waals surface area contributed by atoms with Crippen molar-refractivity contribution >= 4 is 24.0 Å². The molecule has 0 spiro atoms. The first-order valence-electron chi connectivity index (χ1n) is 6.20. The first-order chi connectivity index (χ1) is 8.59. The van der Waals surface area contributed by atoms with Crippen molar-refractivity contribution in [1.29, 1.82) is 0 Å². The average Bonchev–Trinajstić information content (AvgIpc) is 2.34. The quantitative estimate of drug-likeness (QED) is 0.448. The van der Waals surface area contributed by atoms with Crippen molar-refractivity contribution in [2.24, 2.45) is 16.9 Å². The zero-order valence-electron chi connectivity index (χ0n) is 10.9. The van der Waals surface area contributed by atoms with Gasteiger partial charge in [0, 0.05) is 5.41 Å². The maximum absolute atomic E-state index is 10.9. The zero-order valence-corrected chi connectivity index (χ0v) is 11.7. The molecule has 0 amide bonds. The summed E-state index contributed by atoms with van der Waals surface area (Å²) in [6.07, 6.45) is 5.71. The summed E-state index contributed by atoms with van der Waals surface area (Å²) < 4.78 is 0. The fraction of sp³-hybridized carbons (Fsp3) is 0.833. The number of rotatable bonds is 8. The highest BCUT2D eigenvalue weighted by Crippen LogP contribution is 2.42. The Kier molecular flexibility index (Phi) is 9.05. The fourth-order valence-electron chi connectivity index (χ4n) is 1.77. The van der Waals surface area contributed by atoms with Gasteiger partial charge in [0.05, 0.1) is 0 Å². The molecule has 1 rings (SSSR count). The number of nitrogens with two attached hydrogens (primary N) is 2. The summed E-state index contributed by atoms with van der Waals surface area (Å²) in [5.74, 6) is 0.733. The molecule has 1 saturated carbocycles. The van der Waals surface area contributed by atoms with E-state index in [2.05, 4.69) is 5.73 Å². The summed E-state index contributed by atoms with van der Waals surface area (Å²) in [5.41, 5.74) is 9.83. The summed E-state index contributed by atoms with van der Waals surface area (Å²) in [4.78, 5) is 21.3. The smallest absolute Gasteiger partial charge is 0.320 e. The second kappa shape index (κ2) is 9.35. The van der Waals surface area contributed by atoms with Crippen LogP contribution in [0.5, 0.6) is 0 Å². The van der Waals surface area contributed by atoms with E-state index >= 15 is 0 Å². The van der Waals surface area contributed by atoms with Gasteiger partial charge in [0.1, 0.15) is 12.3 Å². The largest absolute Gasteiger partial charge is 0.480 e. The van der Waals surface area contributed by atoms with E-state index < -0.39 is 12.0 Å². The number of carbonyl (C=O) groups is 2. The number of aliphatic carboxylic acids is 1. The first kappa shape index (κ1) is 17.4. The van der Waals surface area contributed by atoms with Gasteiger partial charge in [-0.3, -0.25) is 4.79 Å². The maximum Gasteiger partial charge on any atom is 0.320 e. The van der Waals surface area contributed by atoms with Crippen molar-refractivity contribution in [3.63, 3.8) is 0 Å². The Morgan fingerprint density at radius 1 is 1.44 bits per heavy atom. The highest BCUT2D eigenvalue weighted by atomic mass is 32.2. The summed E-state index contributed by atoms with van der Waals surface area (Å²) in [5, 5.41) is 8.57. The van der Waals surface area contributed by atoms with E-state index in [1.807, 2.05) is 0 Å². The fourth-order valence-corrected chi connectivity index (χ4v) is 2.94. The molecular formula is C12H24N2O3S. The van der Waals surface area contributed by atoms with Crippen LogP contribution in [-0.2, 0) is 9.59 Å². The molecule has 1 atom stereocenters. The summed E-state index contributed by atoms with van der Waals surface area (Å²) in [7, 11) is 1.50. The van der Waals surface area contributed by atoms with Gasteiger partial charge in [0.2, 0.25) is 0 Å². The van der Waals surface area contributed by atoms with Crippen LogP contribution in [0.3, 0.4) is 0 Å². The Balaban J connectivity index is 0.00000137. The number of carboxylic acid groups (broad SMARTS) is 1. The molecule has 1 aliphatic rings. The molecule has 1 unspecified atom stereocenters. The molecule has 6 heteroatoms. The van der Waals surface area contributed by atoms with Crippen LogP contribution in [0.25, 0.3) is 0 Å². The molecule has 0 aliphatic heterocycles. The lowest BCUT2D eigenvalue weighted by atomic mass is 9.68. The Hall–Kier alpha value is -0.590. The highest BCUT2D eigenvalue weighted by Gasteiger charge is 2.35. The number of hydrogen-bond acceptors (Lipinski definition) is 5. The van der Waals surface area contributed by atoms with Crippen molar-refractivity contribution in [3.05, 3.63) is 0 Å². The number of thioether (sulfide) groups is 1. The SMILES string of the molecule is CN.NC(CCSCCC1(C=O)CCC1)C(=O)O. The lowest BCUT2D eigenvalue weighted by Gasteiger charge is -2.36. The van der Waals surface area contributed by atoms with Crippen molar-refractivity contribution in [2.45, 2.75) is 38.1 Å². The Bertz CT molecular complexity index is 258. The molecule has 0 aromatic carbocycles. The predicted molar refractivity (Wildman–Crippen MR) is 74.6 cm³/mol. The molecule has 18 heavy (non-hydrogen) atoms. The molecule has 0 heterocycles. The van der Waals surface area contributed by atoms with Crippen LogP contribution in [-0.4, -0.2) is 42.0 Å². The van der Waals surface area contributed by atoms with Gasteiger partial charge in [-0.2, -0.15) is 11.8 Å². The van der Waals surface area contributed by atoms with Gasteiger partial charge in [0.25, 0.3) is 0 Å². The normalized spacial score (nSPS) is 17.9. The van der Waals surface area contributed by atoms with E-state index in [9.17, 15) is 9.59 Å².